The monoisotopic (exact) mass is 1680 g/mol. The van der Waals surface area contributed by atoms with Crippen LogP contribution in [0.3, 0.4) is 0 Å². The molecule has 0 saturated heterocycles. The second-order valence-electron chi connectivity index (χ2n) is 28.3. The van der Waals surface area contributed by atoms with Crippen molar-refractivity contribution in [2.75, 3.05) is 25.7 Å². The number of aromatic amines is 2. The number of benzene rings is 6. The van der Waals surface area contributed by atoms with Crippen LogP contribution in [0.1, 0.15) is 73.6 Å². The van der Waals surface area contributed by atoms with Crippen LogP contribution in [-0.2, 0) is 39.3 Å². The van der Waals surface area contributed by atoms with E-state index in [-0.39, 0.29) is 11.0 Å². The molecule has 18 aromatic rings. The summed E-state index contributed by atoms with van der Waals surface area (Å²) < 4.78 is 22.9. The van der Waals surface area contributed by atoms with Gasteiger partial charge in [0.05, 0.1) is 26.9 Å². The van der Waals surface area contributed by atoms with Crippen LogP contribution in [-0.4, -0.2) is 111 Å². The molecule has 18 rings (SSSR count). The van der Waals surface area contributed by atoms with E-state index in [9.17, 15) is 0 Å². The SMILES string of the molecule is C#CCCCn1c(Sc2cccc3ccccc23)nc2c(N)ncnc21.C#CCCCn1c(Sc2cn(Cc3ccc(OC)cc3)c3ncc(C)cc23)nc2c(N)ncnc21.C#CCCCn1cnc(=N)c2[nH]c(Sc3cccc4ccccc34)nc21.C#CCCCn1cnc(=N)c2[nH]c(Sc3cn(Cc4ccc(OC)cc4)c4ncc(C)cc34)nc21. The van der Waals surface area contributed by atoms with Crippen molar-refractivity contribution in [2.45, 2.75) is 145 Å². The number of imidazole rings is 4. The largest absolute Gasteiger partial charge is 0.497 e. The number of aromatic nitrogens is 20. The quantitative estimate of drug-likeness (QED) is 0.0217. The van der Waals surface area contributed by atoms with Crippen molar-refractivity contribution in [3.8, 4) is 60.9 Å². The summed E-state index contributed by atoms with van der Waals surface area (Å²) in [5, 5.41) is 26.3. The third-order valence-corrected chi connectivity index (χ3v) is 23.9. The first-order valence-electron chi connectivity index (χ1n) is 39.2. The summed E-state index contributed by atoms with van der Waals surface area (Å²) in [4.78, 5) is 64.8. The first-order chi connectivity index (χ1) is 59.7. The van der Waals surface area contributed by atoms with E-state index in [4.69, 9.17) is 87.4 Å². The number of nitrogens with one attached hydrogen (secondary N) is 4. The average Bonchev–Trinajstić information content (AvgIpc) is 1.63. The van der Waals surface area contributed by atoms with Crippen LogP contribution in [0.5, 0.6) is 11.5 Å². The van der Waals surface area contributed by atoms with Gasteiger partial charge in [-0.1, -0.05) is 121 Å². The Balaban J connectivity index is 0.000000128. The van der Waals surface area contributed by atoms with Gasteiger partial charge in [0.25, 0.3) is 0 Å². The van der Waals surface area contributed by atoms with Crippen molar-refractivity contribution in [3.05, 3.63) is 229 Å². The van der Waals surface area contributed by atoms with Crippen molar-refractivity contribution >= 4 is 147 Å². The minimum atomic E-state index is 0.173. The predicted molar refractivity (Wildman–Crippen MR) is 485 cm³/mol. The second-order valence-corrected chi connectivity index (χ2v) is 32.4. The Bertz CT molecular complexity index is 7140. The number of aryl methyl sites for hydroxylation is 6. The Morgan fingerprint density at radius 3 is 1.24 bits per heavy atom. The molecule has 0 aliphatic carbocycles. The summed E-state index contributed by atoms with van der Waals surface area (Å²) in [5.74, 6) is 13.1. The Morgan fingerprint density at radius 2 is 0.803 bits per heavy atom. The predicted octanol–water partition coefficient (Wildman–Crippen LogP) is 17.3. The van der Waals surface area contributed by atoms with E-state index in [2.05, 4.69) is 185 Å². The molecule has 12 heterocycles. The molecular formula is C92H84N24O2S4. The van der Waals surface area contributed by atoms with E-state index in [1.807, 2.05) is 90.0 Å². The second kappa shape index (κ2) is 38.7. The summed E-state index contributed by atoms with van der Waals surface area (Å²) in [5.41, 5.74) is 24.3. The number of hydrogen-bond donors (Lipinski definition) is 6. The topological polar surface area (TPSA) is 334 Å². The van der Waals surface area contributed by atoms with Gasteiger partial charge >= 0.3 is 0 Å². The number of nitrogens with two attached hydrogens (primary N) is 2. The van der Waals surface area contributed by atoms with E-state index in [0.29, 0.717) is 102 Å². The molecule has 608 valence electrons. The zero-order chi connectivity index (χ0) is 84.6. The van der Waals surface area contributed by atoms with E-state index in [0.717, 1.165) is 141 Å². The highest BCUT2D eigenvalue weighted by atomic mass is 32.2. The highest BCUT2D eigenvalue weighted by Crippen LogP contribution is 2.40. The van der Waals surface area contributed by atoms with Gasteiger partial charge in [-0.25, -0.2) is 59.8 Å². The minimum absolute atomic E-state index is 0.173. The van der Waals surface area contributed by atoms with Gasteiger partial charge in [0, 0.05) is 120 Å². The lowest BCUT2D eigenvalue weighted by molar-refractivity contribution is 0.414. The zero-order valence-corrected chi connectivity index (χ0v) is 70.6. The average molecular weight is 1690 g/mol. The van der Waals surface area contributed by atoms with E-state index < -0.39 is 0 Å². The fraction of sp³-hybridized carbons (Fsp3) is 0.196. The highest BCUT2D eigenvalue weighted by molar-refractivity contribution is 8.00. The highest BCUT2D eigenvalue weighted by Gasteiger charge is 2.23. The maximum absolute atomic E-state index is 8.22. The van der Waals surface area contributed by atoms with Crippen LogP contribution in [0.2, 0.25) is 0 Å². The van der Waals surface area contributed by atoms with E-state index in [1.165, 1.54) is 46.0 Å². The number of hydrogen-bond acceptors (Lipinski definition) is 22. The van der Waals surface area contributed by atoms with Gasteiger partial charge in [0.1, 0.15) is 46.5 Å². The molecule has 0 fully saturated rings. The molecule has 12 aromatic heterocycles. The Kier molecular flexibility index (Phi) is 26.3. The van der Waals surface area contributed by atoms with Gasteiger partial charge in [-0.15, -0.1) is 49.4 Å². The third kappa shape index (κ3) is 18.9. The molecule has 0 atom stereocenters. The molecule has 6 aromatic carbocycles. The van der Waals surface area contributed by atoms with E-state index in [1.54, 1.807) is 62.2 Å². The molecule has 0 aliphatic heterocycles. The van der Waals surface area contributed by atoms with Crippen molar-refractivity contribution in [3.63, 3.8) is 0 Å². The van der Waals surface area contributed by atoms with Crippen molar-refractivity contribution in [1.82, 2.24) is 97.2 Å². The molecule has 0 saturated carbocycles. The number of unbranched alkanes of at least 4 members (excludes halogenated alkanes) is 4. The lowest BCUT2D eigenvalue weighted by atomic mass is 10.1. The van der Waals surface area contributed by atoms with Crippen LogP contribution in [0, 0.1) is 74.0 Å². The molecule has 122 heavy (non-hydrogen) atoms. The van der Waals surface area contributed by atoms with Gasteiger partial charge in [-0.05, 0) is 155 Å². The number of fused-ring (bicyclic) bond motifs is 8. The van der Waals surface area contributed by atoms with Crippen molar-refractivity contribution in [1.29, 1.82) is 10.8 Å². The maximum Gasteiger partial charge on any atom is 0.175 e. The molecular weight excluding hydrogens is 1600 g/mol. The van der Waals surface area contributed by atoms with Crippen LogP contribution in [0.4, 0.5) is 11.6 Å². The lowest BCUT2D eigenvalue weighted by Gasteiger charge is -2.09. The first kappa shape index (κ1) is 82.9. The summed E-state index contributed by atoms with van der Waals surface area (Å²) in [6.07, 6.45) is 42.0. The Labute approximate surface area is 719 Å². The molecule has 26 nitrogen and oxygen atoms in total. The minimum Gasteiger partial charge on any atom is -0.497 e. The summed E-state index contributed by atoms with van der Waals surface area (Å²) in [6.45, 7) is 8.34. The molecule has 0 spiro atoms. The summed E-state index contributed by atoms with van der Waals surface area (Å²) in [7, 11) is 3.34. The lowest BCUT2D eigenvalue weighted by Crippen LogP contribution is -2.12. The Hall–Kier alpha value is -14.1. The maximum atomic E-state index is 8.22. The molecule has 30 heteroatoms. The molecule has 0 aliphatic rings. The van der Waals surface area contributed by atoms with Gasteiger partial charge in [-0.2, -0.15) is 0 Å². The Morgan fingerprint density at radius 1 is 0.410 bits per heavy atom. The molecule has 0 unspecified atom stereocenters. The fourth-order valence-electron chi connectivity index (χ4n) is 13.9. The number of terminal acetylenes is 4. The smallest absolute Gasteiger partial charge is 0.175 e. The van der Waals surface area contributed by atoms with Crippen molar-refractivity contribution < 1.29 is 9.47 Å². The summed E-state index contributed by atoms with van der Waals surface area (Å²) in [6, 6.07) is 49.6. The summed E-state index contributed by atoms with van der Waals surface area (Å²) >= 11 is 6.29. The van der Waals surface area contributed by atoms with Crippen molar-refractivity contribution in [2.24, 2.45) is 0 Å². The van der Waals surface area contributed by atoms with E-state index >= 15 is 0 Å². The molecule has 0 bridgehead atoms. The van der Waals surface area contributed by atoms with Crippen LogP contribution in [0.15, 0.2) is 236 Å². The molecule has 0 radical (unpaired) electrons. The van der Waals surface area contributed by atoms with Gasteiger partial charge in [-0.3, -0.25) is 10.8 Å². The van der Waals surface area contributed by atoms with Crippen LogP contribution < -0.4 is 31.9 Å². The third-order valence-electron chi connectivity index (χ3n) is 19.9. The molecule has 0 amide bonds. The standard InChI is InChI=1S/2C26H25N7OS.2C20H17N5S/c1-4-5-6-11-32-16-29-23(27)22-25(32)31-26(30-22)35-21-15-33(24-20(21)12-17(2)13-28-24)14-18-7-9-19(34-3)10-8-18;1-4-5-6-11-33-25-22(23(27)29-16-30-25)31-26(33)35-21-15-32(24-20(21)12-17(2)13-28-24)14-18-7-9-19(34-3)10-8-18;1-2-3-6-12-25-13-22-18(21)17-19(25)24-20(23-17)26-16-11-7-9-14-8-4-5-10-15(14)16;1-2-3-6-12-25-19-17(18(21)22-13-23-19)24-20(25)26-16-11-7-9-14-8-4-5-10-15(14)16/h1,7-10,12-13,15-16,27H,5-6,11,14H2,2-3H3,(H,30,31);1,7-10,12-13,15-16H,5-6,11,14H2,2-3H3,(H2,27,29,30);1,4-5,7-11,13,21H,3,6,12H2,(H,23,24);1,4-5,7-11,13H,3,6,12H2,(H2,21,22,23). The number of H-pyrrole nitrogens is 2. The van der Waals surface area contributed by atoms with Gasteiger partial charge in [0.2, 0.25) is 0 Å². The van der Waals surface area contributed by atoms with Gasteiger partial charge < -0.3 is 58.3 Å². The fourth-order valence-corrected chi connectivity index (χ4v) is 17.9. The first-order valence-corrected chi connectivity index (χ1v) is 42.4. The number of pyridine rings is 2. The zero-order valence-electron chi connectivity index (χ0n) is 67.3. The number of nitrogen functional groups attached to an aromatic ring is 2. The molecule has 8 N–H and O–H groups in total. The number of rotatable bonds is 26. The normalized spacial score (nSPS) is 11.1. The number of nitrogens with zero attached hydrogens (tertiary/aromatic N) is 18. The van der Waals surface area contributed by atoms with Crippen LogP contribution >= 0.6 is 47.0 Å². The number of anilines is 2. The van der Waals surface area contributed by atoms with Crippen LogP contribution in [0.25, 0.3) is 88.3 Å². The number of methoxy groups -OCH3 is 2. The van der Waals surface area contributed by atoms with Gasteiger partial charge in [0.15, 0.2) is 76.9 Å². The number of ether oxygens (including phenoxy) is 2.